The highest BCUT2D eigenvalue weighted by molar-refractivity contribution is 5.85. The van der Waals surface area contributed by atoms with Crippen molar-refractivity contribution in [3.63, 3.8) is 0 Å². The van der Waals surface area contributed by atoms with Gasteiger partial charge in [0.05, 0.1) is 19.1 Å². The van der Waals surface area contributed by atoms with Crippen LogP contribution in [0, 0.1) is 5.92 Å². The lowest BCUT2D eigenvalue weighted by Gasteiger charge is -2.24. The van der Waals surface area contributed by atoms with E-state index in [1.165, 1.54) is 19.3 Å². The fourth-order valence-corrected chi connectivity index (χ4v) is 2.88. The van der Waals surface area contributed by atoms with E-state index in [-0.39, 0.29) is 24.4 Å². The zero-order chi connectivity index (χ0) is 12.8. The van der Waals surface area contributed by atoms with Crippen molar-refractivity contribution >= 4 is 18.3 Å². The minimum absolute atomic E-state index is 0. The second-order valence-electron chi connectivity index (χ2n) is 5.78. The molecule has 112 valence electrons. The minimum atomic E-state index is 0. The summed E-state index contributed by atoms with van der Waals surface area (Å²) in [6, 6.07) is 0.388. The van der Waals surface area contributed by atoms with Gasteiger partial charge < -0.3 is 15.4 Å². The molecule has 0 aromatic heterocycles. The molecule has 0 aromatic carbocycles. The molecule has 5 heteroatoms. The highest BCUT2D eigenvalue weighted by Crippen LogP contribution is 2.22. The molecule has 2 rings (SSSR count). The van der Waals surface area contributed by atoms with Crippen LogP contribution in [0.1, 0.15) is 45.4 Å². The smallest absolute Gasteiger partial charge is 0.222 e. The molecule has 3 unspecified atom stereocenters. The molecule has 4 nitrogen and oxygen atoms in total. The van der Waals surface area contributed by atoms with Crippen molar-refractivity contribution in [2.24, 2.45) is 5.92 Å². The standard InChI is InChI=1S/C14H26N2O2.ClH/c1-11-3-2-4-12(6-5-11)16-14(17)9-13-10-15-7-8-18-13;/h11-13,15H,2-10H2,1H3,(H,16,17);1H. The van der Waals surface area contributed by atoms with E-state index in [9.17, 15) is 4.79 Å². The molecule has 2 N–H and O–H groups in total. The molecule has 2 fully saturated rings. The Morgan fingerprint density at radius 2 is 2.16 bits per heavy atom. The van der Waals surface area contributed by atoms with Crippen molar-refractivity contribution in [2.75, 3.05) is 19.7 Å². The number of hydrogen-bond acceptors (Lipinski definition) is 3. The number of rotatable bonds is 3. The average molecular weight is 291 g/mol. The number of ether oxygens (including phenoxy) is 1. The topological polar surface area (TPSA) is 50.4 Å². The molecular formula is C14H27ClN2O2. The van der Waals surface area contributed by atoms with E-state index in [1.54, 1.807) is 0 Å². The number of hydrogen-bond donors (Lipinski definition) is 2. The van der Waals surface area contributed by atoms with Crippen molar-refractivity contribution in [3.8, 4) is 0 Å². The highest BCUT2D eigenvalue weighted by atomic mass is 35.5. The van der Waals surface area contributed by atoms with E-state index in [4.69, 9.17) is 4.74 Å². The van der Waals surface area contributed by atoms with Crippen molar-refractivity contribution in [1.29, 1.82) is 0 Å². The fourth-order valence-electron chi connectivity index (χ4n) is 2.88. The predicted octanol–water partition coefficient (Wildman–Crippen LogP) is 1.87. The van der Waals surface area contributed by atoms with Gasteiger partial charge in [-0.15, -0.1) is 12.4 Å². The van der Waals surface area contributed by atoms with Gasteiger partial charge in [0, 0.05) is 19.1 Å². The second kappa shape index (κ2) is 8.77. The third-order valence-electron chi connectivity index (χ3n) is 4.04. The molecular weight excluding hydrogens is 264 g/mol. The Kier molecular flexibility index (Phi) is 7.73. The molecule has 19 heavy (non-hydrogen) atoms. The Bertz CT molecular complexity index is 270. The number of nitrogens with one attached hydrogen (secondary N) is 2. The first-order valence-electron chi connectivity index (χ1n) is 7.35. The number of carbonyl (C=O) groups is 1. The molecule has 0 bridgehead atoms. The van der Waals surface area contributed by atoms with Crippen LogP contribution in [0.25, 0.3) is 0 Å². The normalized spacial score (nSPS) is 31.9. The van der Waals surface area contributed by atoms with Crippen LogP contribution in [-0.2, 0) is 9.53 Å². The Balaban J connectivity index is 0.00000180. The first kappa shape index (κ1) is 16.7. The van der Waals surface area contributed by atoms with Gasteiger partial charge in [0.1, 0.15) is 0 Å². The average Bonchev–Trinajstić information content (AvgIpc) is 2.56. The maximum absolute atomic E-state index is 12.0. The van der Waals surface area contributed by atoms with Gasteiger partial charge in [-0.05, 0) is 25.2 Å². The van der Waals surface area contributed by atoms with Gasteiger partial charge >= 0.3 is 0 Å². The Morgan fingerprint density at radius 3 is 2.89 bits per heavy atom. The van der Waals surface area contributed by atoms with Gasteiger partial charge in [0.2, 0.25) is 5.91 Å². The van der Waals surface area contributed by atoms with Crippen molar-refractivity contribution in [2.45, 2.75) is 57.6 Å². The summed E-state index contributed by atoms with van der Waals surface area (Å²) in [6.45, 7) is 4.73. The maximum atomic E-state index is 12.0. The Hall–Kier alpha value is -0.320. The summed E-state index contributed by atoms with van der Waals surface area (Å²) in [7, 11) is 0. The molecule has 0 radical (unpaired) electrons. The molecule has 1 heterocycles. The van der Waals surface area contributed by atoms with Crippen molar-refractivity contribution in [3.05, 3.63) is 0 Å². The van der Waals surface area contributed by atoms with Gasteiger partial charge in [0.25, 0.3) is 0 Å². The number of amides is 1. The highest BCUT2D eigenvalue weighted by Gasteiger charge is 2.21. The van der Waals surface area contributed by atoms with Crippen LogP contribution in [0.2, 0.25) is 0 Å². The molecule has 1 saturated carbocycles. The van der Waals surface area contributed by atoms with E-state index in [2.05, 4.69) is 17.6 Å². The molecule has 1 aliphatic carbocycles. The quantitative estimate of drug-likeness (QED) is 0.780. The summed E-state index contributed by atoms with van der Waals surface area (Å²) < 4.78 is 5.56. The zero-order valence-electron chi connectivity index (χ0n) is 11.8. The van der Waals surface area contributed by atoms with Gasteiger partial charge in [-0.1, -0.05) is 19.8 Å². The third kappa shape index (κ3) is 6.11. The summed E-state index contributed by atoms with van der Waals surface area (Å²) in [5.41, 5.74) is 0. The largest absolute Gasteiger partial charge is 0.375 e. The molecule has 1 aliphatic heterocycles. The Morgan fingerprint density at radius 1 is 1.32 bits per heavy atom. The van der Waals surface area contributed by atoms with Gasteiger partial charge in [-0.2, -0.15) is 0 Å². The van der Waals surface area contributed by atoms with Crippen molar-refractivity contribution < 1.29 is 9.53 Å². The number of morpholine rings is 1. The van der Waals surface area contributed by atoms with E-state index < -0.39 is 0 Å². The lowest BCUT2D eigenvalue weighted by Crippen LogP contribution is -2.43. The third-order valence-corrected chi connectivity index (χ3v) is 4.04. The van der Waals surface area contributed by atoms with E-state index in [1.807, 2.05) is 0 Å². The first-order valence-corrected chi connectivity index (χ1v) is 7.35. The summed E-state index contributed by atoms with van der Waals surface area (Å²) in [5.74, 6) is 0.973. The molecule has 0 aromatic rings. The van der Waals surface area contributed by atoms with Gasteiger partial charge in [-0.3, -0.25) is 4.79 Å². The van der Waals surface area contributed by atoms with Crippen LogP contribution < -0.4 is 10.6 Å². The molecule has 0 spiro atoms. The SMILES string of the molecule is CC1CCCC(NC(=O)CC2CNCCO2)CC1.Cl. The lowest BCUT2D eigenvalue weighted by molar-refractivity contribution is -0.125. The van der Waals surface area contributed by atoms with Crippen LogP contribution in [0.5, 0.6) is 0 Å². The van der Waals surface area contributed by atoms with Crippen LogP contribution in [0.3, 0.4) is 0 Å². The number of halogens is 1. The second-order valence-corrected chi connectivity index (χ2v) is 5.78. The summed E-state index contributed by atoms with van der Waals surface area (Å²) in [4.78, 5) is 12.0. The maximum Gasteiger partial charge on any atom is 0.222 e. The van der Waals surface area contributed by atoms with Gasteiger partial charge in [0.15, 0.2) is 0 Å². The predicted molar refractivity (Wildman–Crippen MR) is 78.7 cm³/mol. The molecule has 1 saturated heterocycles. The van der Waals surface area contributed by atoms with Crippen molar-refractivity contribution in [1.82, 2.24) is 10.6 Å². The van der Waals surface area contributed by atoms with Crippen LogP contribution in [0.4, 0.5) is 0 Å². The Labute approximate surface area is 122 Å². The minimum Gasteiger partial charge on any atom is -0.375 e. The van der Waals surface area contributed by atoms with E-state index >= 15 is 0 Å². The summed E-state index contributed by atoms with van der Waals surface area (Å²) >= 11 is 0. The van der Waals surface area contributed by atoms with Crippen LogP contribution >= 0.6 is 12.4 Å². The van der Waals surface area contributed by atoms with Gasteiger partial charge in [-0.25, -0.2) is 0 Å². The van der Waals surface area contributed by atoms with E-state index in [0.717, 1.165) is 38.5 Å². The molecule has 2 aliphatic rings. The summed E-state index contributed by atoms with van der Waals surface area (Å²) in [5, 5.41) is 6.43. The molecule has 3 atom stereocenters. The fraction of sp³-hybridized carbons (Fsp3) is 0.929. The van der Waals surface area contributed by atoms with Crippen LogP contribution in [-0.4, -0.2) is 37.7 Å². The van der Waals surface area contributed by atoms with Crippen LogP contribution in [0.15, 0.2) is 0 Å². The van der Waals surface area contributed by atoms with E-state index in [0.29, 0.717) is 12.5 Å². The molecule has 1 amide bonds. The zero-order valence-corrected chi connectivity index (χ0v) is 12.6. The summed E-state index contributed by atoms with van der Waals surface area (Å²) in [6.07, 6.45) is 6.63. The number of carbonyl (C=O) groups excluding carboxylic acids is 1. The monoisotopic (exact) mass is 290 g/mol. The lowest BCUT2D eigenvalue weighted by atomic mass is 10.0. The first-order chi connectivity index (χ1) is 8.74.